The summed E-state index contributed by atoms with van der Waals surface area (Å²) in [6.45, 7) is 0.176. The first kappa shape index (κ1) is 19.3. The number of aliphatic hydroxyl groups excluding tert-OH is 2. The Morgan fingerprint density at radius 1 is 0.889 bits per heavy atom. The highest BCUT2D eigenvalue weighted by Gasteiger charge is 2.33. The van der Waals surface area contributed by atoms with Crippen LogP contribution in [0.3, 0.4) is 0 Å². The minimum Gasteiger partial charge on any atom is -0.394 e. The molecule has 2 aromatic carbocycles. The van der Waals surface area contributed by atoms with Crippen LogP contribution >= 0.6 is 0 Å². The van der Waals surface area contributed by atoms with Crippen molar-refractivity contribution in [3.8, 4) is 0 Å². The van der Waals surface area contributed by atoms with Crippen LogP contribution in [0.4, 0.5) is 0 Å². The Balaban J connectivity index is 1.76. The van der Waals surface area contributed by atoms with Crippen LogP contribution in [-0.4, -0.2) is 39.0 Å². The zero-order valence-corrected chi connectivity index (χ0v) is 14.9. The van der Waals surface area contributed by atoms with Gasteiger partial charge in [0.2, 0.25) is 0 Å². The fraction of sp³-hybridized carbons (Fsp3) is 0.286. The van der Waals surface area contributed by atoms with Crippen molar-refractivity contribution in [3.63, 3.8) is 0 Å². The van der Waals surface area contributed by atoms with Crippen LogP contribution in [-0.2, 0) is 22.7 Å². The van der Waals surface area contributed by atoms with Gasteiger partial charge in [-0.15, -0.1) is 0 Å². The molecule has 142 valence electrons. The molecule has 3 rings (SSSR count). The first-order chi connectivity index (χ1) is 13.3. The SMILES string of the molecule is OC[C@@H](O)[C@@H](OCc1ccccc1)[C@@H](OCc1ccccc1)c1ncc[nH]1. The third-order valence-electron chi connectivity index (χ3n) is 4.21. The second-order valence-electron chi connectivity index (χ2n) is 6.20. The molecule has 0 saturated heterocycles. The first-order valence-electron chi connectivity index (χ1n) is 8.87. The van der Waals surface area contributed by atoms with Crippen LogP contribution in [0.1, 0.15) is 23.1 Å². The van der Waals surface area contributed by atoms with Gasteiger partial charge in [0.25, 0.3) is 0 Å². The summed E-state index contributed by atoms with van der Waals surface area (Å²) in [7, 11) is 0. The molecule has 1 heterocycles. The molecule has 0 amide bonds. The molecule has 1 aromatic heterocycles. The van der Waals surface area contributed by atoms with E-state index in [0.717, 1.165) is 11.1 Å². The summed E-state index contributed by atoms with van der Waals surface area (Å²) in [5.74, 6) is 0.538. The minimum atomic E-state index is -1.11. The predicted octanol–water partition coefficient (Wildman–Crippen LogP) is 2.61. The van der Waals surface area contributed by atoms with E-state index in [-0.39, 0.29) is 6.61 Å². The van der Waals surface area contributed by atoms with Crippen LogP contribution in [0.25, 0.3) is 0 Å². The highest BCUT2D eigenvalue weighted by Crippen LogP contribution is 2.26. The topological polar surface area (TPSA) is 87.6 Å². The standard InChI is InChI=1S/C21H24N2O4/c24-13-18(25)19(26-14-16-7-3-1-4-8-16)20(21-22-11-12-23-21)27-15-17-9-5-2-6-10-17/h1-12,18-20,24-25H,13-15H2,(H,22,23)/t18-,19-,20-/m1/s1. The molecule has 0 radical (unpaired) electrons. The lowest BCUT2D eigenvalue weighted by atomic mass is 10.1. The normalized spacial score (nSPS) is 14.6. The molecule has 6 heteroatoms. The molecule has 0 spiro atoms. The maximum atomic E-state index is 10.4. The van der Waals surface area contributed by atoms with E-state index in [0.29, 0.717) is 12.4 Å². The van der Waals surface area contributed by atoms with Crippen molar-refractivity contribution < 1.29 is 19.7 Å². The molecule has 6 nitrogen and oxygen atoms in total. The molecule has 0 fully saturated rings. The van der Waals surface area contributed by atoms with Crippen molar-refractivity contribution in [2.24, 2.45) is 0 Å². The summed E-state index contributed by atoms with van der Waals surface area (Å²) in [5, 5.41) is 19.9. The van der Waals surface area contributed by atoms with Gasteiger partial charge in [-0.3, -0.25) is 0 Å². The summed E-state index contributed by atoms with van der Waals surface area (Å²) in [6, 6.07) is 19.4. The van der Waals surface area contributed by atoms with Crippen molar-refractivity contribution in [1.82, 2.24) is 9.97 Å². The first-order valence-corrected chi connectivity index (χ1v) is 8.87. The number of nitrogens with zero attached hydrogens (tertiary/aromatic N) is 1. The quantitative estimate of drug-likeness (QED) is 0.512. The van der Waals surface area contributed by atoms with Crippen LogP contribution in [0.15, 0.2) is 73.1 Å². The fourth-order valence-electron chi connectivity index (χ4n) is 2.79. The van der Waals surface area contributed by atoms with Gasteiger partial charge in [0.05, 0.1) is 19.8 Å². The number of ether oxygens (including phenoxy) is 2. The predicted molar refractivity (Wildman–Crippen MR) is 101 cm³/mol. The van der Waals surface area contributed by atoms with Crippen LogP contribution in [0.2, 0.25) is 0 Å². The average molecular weight is 368 g/mol. The van der Waals surface area contributed by atoms with Crippen LogP contribution in [0, 0.1) is 0 Å². The van der Waals surface area contributed by atoms with E-state index >= 15 is 0 Å². The molecule has 27 heavy (non-hydrogen) atoms. The minimum absolute atomic E-state index is 0.286. The molecular formula is C21H24N2O4. The Morgan fingerprint density at radius 3 is 2.00 bits per heavy atom. The van der Waals surface area contributed by atoms with Crippen LogP contribution in [0.5, 0.6) is 0 Å². The number of aromatic amines is 1. The molecule has 0 unspecified atom stereocenters. The average Bonchev–Trinajstić information content (AvgIpc) is 3.26. The van der Waals surface area contributed by atoms with Crippen molar-refractivity contribution in [3.05, 3.63) is 90.0 Å². The lowest BCUT2D eigenvalue weighted by molar-refractivity contribution is -0.145. The van der Waals surface area contributed by atoms with Gasteiger partial charge in [0.1, 0.15) is 24.1 Å². The van der Waals surface area contributed by atoms with E-state index in [4.69, 9.17) is 9.47 Å². The molecule has 0 aliphatic rings. The highest BCUT2D eigenvalue weighted by molar-refractivity contribution is 5.14. The Morgan fingerprint density at radius 2 is 1.48 bits per heavy atom. The second kappa shape index (κ2) is 9.99. The number of benzene rings is 2. The molecule has 0 saturated carbocycles. The smallest absolute Gasteiger partial charge is 0.144 e. The van der Waals surface area contributed by atoms with Gasteiger partial charge in [-0.25, -0.2) is 4.98 Å². The lowest BCUT2D eigenvalue weighted by Crippen LogP contribution is -2.39. The number of aliphatic hydroxyl groups is 2. The van der Waals surface area contributed by atoms with E-state index < -0.39 is 24.9 Å². The number of hydrogen-bond acceptors (Lipinski definition) is 5. The number of rotatable bonds is 10. The van der Waals surface area contributed by atoms with Gasteiger partial charge < -0.3 is 24.7 Å². The van der Waals surface area contributed by atoms with Crippen molar-refractivity contribution in [2.45, 2.75) is 31.5 Å². The zero-order valence-electron chi connectivity index (χ0n) is 14.9. The molecule has 0 aliphatic heterocycles. The van der Waals surface area contributed by atoms with Crippen LogP contribution < -0.4 is 0 Å². The van der Waals surface area contributed by atoms with Crippen molar-refractivity contribution in [2.75, 3.05) is 6.61 Å². The van der Waals surface area contributed by atoms with E-state index in [1.54, 1.807) is 12.4 Å². The summed E-state index contributed by atoms with van der Waals surface area (Å²) in [5.41, 5.74) is 1.96. The third kappa shape index (κ3) is 5.48. The largest absolute Gasteiger partial charge is 0.394 e. The maximum Gasteiger partial charge on any atom is 0.144 e. The zero-order chi connectivity index (χ0) is 18.9. The summed E-state index contributed by atoms with van der Waals surface area (Å²) in [6.07, 6.45) is 0.748. The number of H-pyrrole nitrogens is 1. The number of aromatic nitrogens is 2. The van der Waals surface area contributed by atoms with Gasteiger partial charge in [-0.1, -0.05) is 60.7 Å². The lowest BCUT2D eigenvalue weighted by Gasteiger charge is -2.29. The fourth-order valence-corrected chi connectivity index (χ4v) is 2.79. The third-order valence-corrected chi connectivity index (χ3v) is 4.21. The summed E-state index contributed by atoms with van der Waals surface area (Å²) < 4.78 is 12.0. The van der Waals surface area contributed by atoms with Gasteiger partial charge in [0, 0.05) is 12.4 Å². The van der Waals surface area contributed by atoms with E-state index in [1.807, 2.05) is 60.7 Å². The van der Waals surface area contributed by atoms with E-state index in [1.165, 1.54) is 0 Å². The Bertz CT molecular complexity index is 765. The Labute approximate surface area is 158 Å². The number of imidazole rings is 1. The summed E-state index contributed by atoms with van der Waals surface area (Å²) >= 11 is 0. The molecular weight excluding hydrogens is 344 g/mol. The van der Waals surface area contributed by atoms with Gasteiger partial charge >= 0.3 is 0 Å². The van der Waals surface area contributed by atoms with Gasteiger partial charge in [-0.05, 0) is 11.1 Å². The van der Waals surface area contributed by atoms with E-state index in [2.05, 4.69) is 9.97 Å². The van der Waals surface area contributed by atoms with Gasteiger partial charge in [0.15, 0.2) is 0 Å². The number of nitrogens with one attached hydrogen (secondary N) is 1. The molecule has 0 aliphatic carbocycles. The van der Waals surface area contributed by atoms with Crippen molar-refractivity contribution >= 4 is 0 Å². The second-order valence-corrected chi connectivity index (χ2v) is 6.20. The Kier molecular flexibility index (Phi) is 7.12. The maximum absolute atomic E-state index is 10.4. The van der Waals surface area contributed by atoms with E-state index in [9.17, 15) is 10.2 Å². The monoisotopic (exact) mass is 368 g/mol. The molecule has 3 N–H and O–H groups in total. The molecule has 3 atom stereocenters. The Hall–Kier alpha value is -2.51. The molecule has 3 aromatic rings. The van der Waals surface area contributed by atoms with Crippen molar-refractivity contribution in [1.29, 1.82) is 0 Å². The summed E-state index contributed by atoms with van der Waals surface area (Å²) in [4.78, 5) is 7.29. The van der Waals surface area contributed by atoms with Gasteiger partial charge in [-0.2, -0.15) is 0 Å². The highest BCUT2D eigenvalue weighted by atomic mass is 16.5. The molecule has 0 bridgehead atoms. The number of hydrogen-bond donors (Lipinski definition) is 3.